The summed E-state index contributed by atoms with van der Waals surface area (Å²) in [5.41, 5.74) is 1.62. The van der Waals surface area contributed by atoms with E-state index in [0.29, 0.717) is 50.2 Å². The predicted molar refractivity (Wildman–Crippen MR) is 141 cm³/mol. The molecular weight excluding hydrogens is 548 g/mol. The van der Waals surface area contributed by atoms with Gasteiger partial charge in [-0.1, -0.05) is 11.3 Å². The Morgan fingerprint density at radius 1 is 1.19 bits per heavy atom. The number of hydrogen-bond donors (Lipinski definition) is 3. The second kappa shape index (κ2) is 10.5. The van der Waals surface area contributed by atoms with Crippen molar-refractivity contribution in [1.29, 1.82) is 0 Å². The smallest absolute Gasteiger partial charge is 0.272 e. The summed E-state index contributed by atoms with van der Waals surface area (Å²) < 4.78 is 0.999. The van der Waals surface area contributed by atoms with Crippen LogP contribution in [0.25, 0.3) is 10.9 Å². The number of anilines is 2. The zero-order valence-electron chi connectivity index (χ0n) is 19.8. The molecule has 3 N–H and O–H groups in total. The lowest BCUT2D eigenvalue weighted by Gasteiger charge is -2.35. The van der Waals surface area contributed by atoms with Gasteiger partial charge in [0.2, 0.25) is 11.8 Å². The van der Waals surface area contributed by atoms with Gasteiger partial charge in [-0.3, -0.25) is 24.4 Å². The third-order valence-corrected chi connectivity index (χ3v) is 8.18. The molecule has 1 aromatic carbocycles. The van der Waals surface area contributed by atoms with Crippen LogP contribution in [0.4, 0.5) is 10.8 Å². The molecular formula is C23H27BrN8O3S. The van der Waals surface area contributed by atoms with E-state index < -0.39 is 0 Å². The zero-order valence-corrected chi connectivity index (χ0v) is 22.2. The minimum Gasteiger partial charge on any atom is -0.354 e. The minimum atomic E-state index is -0.293. The Hall–Kier alpha value is -3.03. The van der Waals surface area contributed by atoms with Crippen molar-refractivity contribution in [2.75, 3.05) is 63.1 Å². The number of piperazine rings is 1. The number of halogens is 1. The topological polar surface area (TPSA) is 127 Å². The third kappa shape index (κ3) is 5.22. The number of aromatic amines is 1. The maximum atomic E-state index is 12.9. The molecule has 5 rings (SSSR count). The van der Waals surface area contributed by atoms with E-state index in [-0.39, 0.29) is 29.3 Å². The Labute approximate surface area is 220 Å². The fraction of sp³-hybridized carbons (Fsp3) is 0.435. The van der Waals surface area contributed by atoms with Crippen LogP contribution in [0.15, 0.2) is 28.2 Å². The number of hydrogen-bond acceptors (Lipinski definition) is 8. The average molecular weight is 575 g/mol. The summed E-state index contributed by atoms with van der Waals surface area (Å²) in [4.78, 5) is 48.4. The lowest BCUT2D eigenvalue weighted by Crippen LogP contribution is -2.51. The summed E-state index contributed by atoms with van der Waals surface area (Å²) in [6.07, 6.45) is 2.50. The second-order valence-electron chi connectivity index (χ2n) is 8.94. The van der Waals surface area contributed by atoms with Gasteiger partial charge in [0, 0.05) is 50.8 Å². The number of nitrogens with one attached hydrogen (secondary N) is 3. The van der Waals surface area contributed by atoms with Crippen molar-refractivity contribution in [3.8, 4) is 0 Å². The summed E-state index contributed by atoms with van der Waals surface area (Å²) in [7, 11) is 1.55. The molecule has 3 amide bonds. The van der Waals surface area contributed by atoms with Gasteiger partial charge in [-0.2, -0.15) is 5.10 Å². The number of likely N-dealkylation sites (tertiary alicyclic amines) is 1. The summed E-state index contributed by atoms with van der Waals surface area (Å²) in [6, 6.07) is 5.32. The first-order valence-corrected chi connectivity index (χ1v) is 13.4. The first-order valence-electron chi connectivity index (χ1n) is 11.8. The van der Waals surface area contributed by atoms with E-state index in [4.69, 9.17) is 0 Å². The fourth-order valence-corrected chi connectivity index (χ4v) is 5.88. The van der Waals surface area contributed by atoms with Crippen LogP contribution in [0, 0.1) is 5.92 Å². The normalized spacial score (nSPS) is 18.6. The van der Waals surface area contributed by atoms with Crippen LogP contribution in [0.3, 0.4) is 0 Å². The molecule has 2 aliphatic heterocycles. The van der Waals surface area contributed by atoms with Crippen LogP contribution >= 0.6 is 27.3 Å². The van der Waals surface area contributed by atoms with Crippen molar-refractivity contribution in [2.45, 2.75) is 6.42 Å². The fourth-order valence-electron chi connectivity index (χ4n) is 4.65. The van der Waals surface area contributed by atoms with Crippen molar-refractivity contribution in [1.82, 2.24) is 30.3 Å². The number of amides is 3. The van der Waals surface area contributed by atoms with Gasteiger partial charge in [0.1, 0.15) is 0 Å². The van der Waals surface area contributed by atoms with Gasteiger partial charge >= 0.3 is 0 Å². The van der Waals surface area contributed by atoms with E-state index in [2.05, 4.69) is 51.5 Å². The molecule has 0 bridgehead atoms. The van der Waals surface area contributed by atoms with E-state index >= 15 is 0 Å². The van der Waals surface area contributed by atoms with Gasteiger partial charge in [-0.15, -0.1) is 0 Å². The van der Waals surface area contributed by atoms with Crippen molar-refractivity contribution in [3.63, 3.8) is 0 Å². The Morgan fingerprint density at radius 3 is 2.72 bits per heavy atom. The molecule has 2 saturated heterocycles. The van der Waals surface area contributed by atoms with Crippen LogP contribution in [0.2, 0.25) is 0 Å². The lowest BCUT2D eigenvalue weighted by atomic mass is 10.1. The molecule has 4 heterocycles. The van der Waals surface area contributed by atoms with Gasteiger partial charge in [0.05, 0.1) is 28.0 Å². The van der Waals surface area contributed by atoms with Crippen molar-refractivity contribution >= 4 is 66.7 Å². The first kappa shape index (κ1) is 24.7. The standard InChI is InChI=1S/C23H27BrN8O3S/c1-25-22(35)20-16-10-15(2-3-17(16)28-29-20)27-21(34)14-4-5-30(12-14)13-19(33)31-6-8-32(9-7-31)23-26-11-18(24)36-23/h2-3,10-11,14H,4-9,12-13H2,1H3,(H,25,35)(H,27,34)(H,28,29)/t14-/m1/s1. The maximum Gasteiger partial charge on any atom is 0.272 e. The highest BCUT2D eigenvalue weighted by Gasteiger charge is 2.31. The molecule has 36 heavy (non-hydrogen) atoms. The Morgan fingerprint density at radius 2 is 2.00 bits per heavy atom. The van der Waals surface area contributed by atoms with Crippen molar-refractivity contribution < 1.29 is 14.4 Å². The minimum absolute atomic E-state index is 0.0856. The number of rotatable bonds is 6. The molecule has 0 radical (unpaired) electrons. The summed E-state index contributed by atoms with van der Waals surface area (Å²) in [5, 5.41) is 14.0. The summed E-state index contributed by atoms with van der Waals surface area (Å²) >= 11 is 5.04. The molecule has 0 spiro atoms. The van der Waals surface area contributed by atoms with E-state index in [1.807, 2.05) is 4.90 Å². The predicted octanol–water partition coefficient (Wildman–Crippen LogP) is 1.75. The molecule has 2 aliphatic rings. The SMILES string of the molecule is CNC(=O)c1n[nH]c2ccc(NC(=O)[C@@H]3CCN(CC(=O)N4CCN(c5ncc(Br)s5)CC4)C3)cc12. The van der Waals surface area contributed by atoms with Gasteiger partial charge in [0.25, 0.3) is 5.91 Å². The molecule has 0 aliphatic carbocycles. The van der Waals surface area contributed by atoms with E-state index in [0.717, 1.165) is 27.5 Å². The van der Waals surface area contributed by atoms with Gasteiger partial charge in [-0.25, -0.2) is 4.98 Å². The Balaban J connectivity index is 1.12. The molecule has 13 heteroatoms. The number of aromatic nitrogens is 3. The monoisotopic (exact) mass is 574 g/mol. The van der Waals surface area contributed by atoms with Gasteiger partial charge < -0.3 is 20.4 Å². The largest absolute Gasteiger partial charge is 0.354 e. The van der Waals surface area contributed by atoms with Crippen LogP contribution in [-0.2, 0) is 9.59 Å². The first-order chi connectivity index (χ1) is 17.4. The van der Waals surface area contributed by atoms with Crippen molar-refractivity contribution in [3.05, 3.63) is 33.9 Å². The molecule has 190 valence electrons. The summed E-state index contributed by atoms with van der Waals surface area (Å²) in [6.45, 7) is 4.44. The highest BCUT2D eigenvalue weighted by molar-refractivity contribution is 9.11. The number of benzene rings is 1. The van der Waals surface area contributed by atoms with E-state index in [1.54, 1.807) is 42.8 Å². The molecule has 0 saturated carbocycles. The number of carbonyl (C=O) groups is 3. The highest BCUT2D eigenvalue weighted by atomic mass is 79.9. The van der Waals surface area contributed by atoms with Gasteiger partial charge in [-0.05, 0) is 47.1 Å². The quantitative estimate of drug-likeness (QED) is 0.409. The van der Waals surface area contributed by atoms with Gasteiger partial charge in [0.15, 0.2) is 10.8 Å². The van der Waals surface area contributed by atoms with Crippen LogP contribution < -0.4 is 15.5 Å². The van der Waals surface area contributed by atoms with Crippen LogP contribution in [-0.4, -0.2) is 95.6 Å². The van der Waals surface area contributed by atoms with E-state index in [1.165, 1.54) is 0 Å². The second-order valence-corrected chi connectivity index (χ2v) is 11.3. The summed E-state index contributed by atoms with van der Waals surface area (Å²) in [5.74, 6) is -0.476. The van der Waals surface area contributed by atoms with Crippen LogP contribution in [0.5, 0.6) is 0 Å². The van der Waals surface area contributed by atoms with E-state index in [9.17, 15) is 14.4 Å². The Kier molecular flexibility index (Phi) is 7.21. The molecule has 2 aromatic heterocycles. The number of nitrogens with zero attached hydrogens (tertiary/aromatic N) is 5. The Bertz CT molecular complexity index is 1290. The lowest BCUT2D eigenvalue weighted by molar-refractivity contribution is -0.132. The molecule has 0 unspecified atom stereocenters. The molecule has 3 aromatic rings. The van der Waals surface area contributed by atoms with Crippen molar-refractivity contribution in [2.24, 2.45) is 5.92 Å². The molecule has 1 atom stereocenters. The number of carbonyl (C=O) groups excluding carboxylic acids is 3. The van der Waals surface area contributed by atoms with Crippen LogP contribution in [0.1, 0.15) is 16.9 Å². The average Bonchev–Trinajstić information content (AvgIpc) is 3.63. The third-order valence-electron chi connectivity index (χ3n) is 6.64. The maximum absolute atomic E-state index is 12.9. The number of thiazole rings is 1. The number of H-pyrrole nitrogens is 1. The molecule has 2 fully saturated rings. The highest BCUT2D eigenvalue weighted by Crippen LogP contribution is 2.27. The number of fused-ring (bicyclic) bond motifs is 1. The molecule has 11 nitrogen and oxygen atoms in total. The zero-order chi connectivity index (χ0) is 25.2.